The molecule has 2 aliphatic heterocycles. The number of nitrogens with one attached hydrogen (secondary N) is 1. The van der Waals surface area contributed by atoms with Crippen LogP contribution >= 0.6 is 15.9 Å². The van der Waals surface area contributed by atoms with E-state index in [-0.39, 0.29) is 30.2 Å². The van der Waals surface area contributed by atoms with Crippen molar-refractivity contribution in [1.82, 2.24) is 10.2 Å². The van der Waals surface area contributed by atoms with Gasteiger partial charge in [-0.3, -0.25) is 4.79 Å². The summed E-state index contributed by atoms with van der Waals surface area (Å²) < 4.78 is 12.1. The van der Waals surface area contributed by atoms with Crippen molar-refractivity contribution in [3.63, 3.8) is 0 Å². The first kappa shape index (κ1) is 21.1. The van der Waals surface area contributed by atoms with Crippen molar-refractivity contribution in [2.45, 2.75) is 70.2 Å². The molecule has 1 N–H and O–H groups in total. The van der Waals surface area contributed by atoms with Crippen LogP contribution < -0.4 is 5.32 Å². The van der Waals surface area contributed by atoms with E-state index in [4.69, 9.17) is 9.47 Å². The average Bonchev–Trinajstić information content (AvgIpc) is 3.24. The normalized spacial score (nSPS) is 25.0. The van der Waals surface area contributed by atoms with Gasteiger partial charge in [0.2, 0.25) is 5.91 Å². The highest BCUT2D eigenvalue weighted by Gasteiger charge is 2.40. The first-order chi connectivity index (χ1) is 13.2. The zero-order valence-corrected chi connectivity index (χ0v) is 18.3. The number of amides is 2. The van der Waals surface area contributed by atoms with Gasteiger partial charge in [-0.25, -0.2) is 4.79 Å². The van der Waals surface area contributed by atoms with Gasteiger partial charge in [-0.2, -0.15) is 0 Å². The third kappa shape index (κ3) is 5.47. The molecular weight excluding hydrogens is 424 g/mol. The van der Waals surface area contributed by atoms with Crippen LogP contribution in [0.15, 0.2) is 28.7 Å². The van der Waals surface area contributed by atoms with Crippen LogP contribution in [0.2, 0.25) is 0 Å². The number of benzene rings is 1. The molecular formula is C21H29BrN2O4. The summed E-state index contributed by atoms with van der Waals surface area (Å²) in [5.74, 6) is -0.0761. The van der Waals surface area contributed by atoms with Crippen molar-refractivity contribution in [2.75, 3.05) is 13.2 Å². The summed E-state index contributed by atoms with van der Waals surface area (Å²) in [5.41, 5.74) is 0.544. The Labute approximate surface area is 175 Å². The average molecular weight is 453 g/mol. The molecule has 2 saturated heterocycles. The standard InChI is InChI=1S/C21H29BrN2O4/c1-21(2,3)28-20(26)24-10-9-16(23-19(25)18-8-5-11-27-18)17(24)13-14-6-4-7-15(22)12-14/h4,6-7,12,16-18H,5,8-11,13H2,1-3H3,(H,23,25)/t16-,17-,18-/m0/s1. The Morgan fingerprint density at radius 3 is 2.75 bits per heavy atom. The molecule has 2 heterocycles. The Hall–Kier alpha value is -1.60. The number of carbonyl (C=O) groups excluding carboxylic acids is 2. The van der Waals surface area contributed by atoms with E-state index in [0.717, 1.165) is 22.9 Å². The van der Waals surface area contributed by atoms with Crippen molar-refractivity contribution >= 4 is 27.9 Å². The van der Waals surface area contributed by atoms with Crippen molar-refractivity contribution < 1.29 is 19.1 Å². The van der Waals surface area contributed by atoms with E-state index in [2.05, 4.69) is 21.2 Å². The molecule has 3 atom stereocenters. The van der Waals surface area contributed by atoms with Crippen LogP contribution in [0.4, 0.5) is 4.79 Å². The molecule has 2 amide bonds. The fraction of sp³-hybridized carbons (Fsp3) is 0.619. The van der Waals surface area contributed by atoms with Gasteiger partial charge in [-0.1, -0.05) is 28.1 Å². The predicted octanol–water partition coefficient (Wildman–Crippen LogP) is 3.66. The number of hydrogen-bond donors (Lipinski definition) is 1. The van der Waals surface area contributed by atoms with E-state index < -0.39 is 5.60 Å². The lowest BCUT2D eigenvalue weighted by Gasteiger charge is -2.31. The summed E-state index contributed by atoms with van der Waals surface area (Å²) in [6, 6.07) is 7.75. The quantitative estimate of drug-likeness (QED) is 0.756. The lowest BCUT2D eigenvalue weighted by Crippen LogP contribution is -2.50. The second-order valence-corrected chi connectivity index (χ2v) is 9.40. The van der Waals surface area contributed by atoms with Crippen molar-refractivity contribution in [1.29, 1.82) is 0 Å². The van der Waals surface area contributed by atoms with Gasteiger partial charge in [0.1, 0.15) is 11.7 Å². The number of hydrogen-bond acceptors (Lipinski definition) is 4. The molecule has 2 aliphatic rings. The fourth-order valence-corrected chi connectivity index (χ4v) is 4.23. The zero-order chi connectivity index (χ0) is 20.3. The molecule has 1 aromatic carbocycles. The monoisotopic (exact) mass is 452 g/mol. The number of carbonyl (C=O) groups is 2. The number of nitrogens with zero attached hydrogens (tertiary/aromatic N) is 1. The van der Waals surface area contributed by atoms with Gasteiger partial charge in [-0.05, 0) is 64.2 Å². The third-order valence-electron chi connectivity index (χ3n) is 5.06. The highest BCUT2D eigenvalue weighted by Crippen LogP contribution is 2.26. The minimum absolute atomic E-state index is 0.0761. The van der Waals surface area contributed by atoms with E-state index in [1.165, 1.54) is 0 Å². The molecule has 3 rings (SSSR count). The maximum atomic E-state index is 12.8. The second kappa shape index (κ2) is 8.82. The Balaban J connectivity index is 1.75. The highest BCUT2D eigenvalue weighted by molar-refractivity contribution is 9.10. The highest BCUT2D eigenvalue weighted by atomic mass is 79.9. The molecule has 0 aliphatic carbocycles. The van der Waals surface area contributed by atoms with Crippen LogP contribution in [0.5, 0.6) is 0 Å². The molecule has 0 unspecified atom stereocenters. The van der Waals surface area contributed by atoms with E-state index in [1.807, 2.05) is 45.0 Å². The van der Waals surface area contributed by atoms with Gasteiger partial charge in [0.15, 0.2) is 0 Å². The Morgan fingerprint density at radius 1 is 1.32 bits per heavy atom. The van der Waals surface area contributed by atoms with Gasteiger partial charge >= 0.3 is 6.09 Å². The largest absolute Gasteiger partial charge is 0.444 e. The fourth-order valence-electron chi connectivity index (χ4n) is 3.79. The maximum absolute atomic E-state index is 12.8. The first-order valence-corrected chi connectivity index (χ1v) is 10.7. The van der Waals surface area contributed by atoms with E-state index in [1.54, 1.807) is 4.90 Å². The third-order valence-corrected chi connectivity index (χ3v) is 5.55. The second-order valence-electron chi connectivity index (χ2n) is 8.48. The SMILES string of the molecule is CC(C)(C)OC(=O)N1CC[C@H](NC(=O)[C@@H]2CCCO2)[C@@H]1Cc1cccc(Br)c1. The van der Waals surface area contributed by atoms with Crippen LogP contribution in [-0.2, 0) is 20.7 Å². The summed E-state index contributed by atoms with van der Waals surface area (Å²) in [6.07, 6.45) is 2.31. The van der Waals surface area contributed by atoms with Crippen LogP contribution in [0.25, 0.3) is 0 Å². The van der Waals surface area contributed by atoms with Crippen molar-refractivity contribution in [3.05, 3.63) is 34.3 Å². The maximum Gasteiger partial charge on any atom is 0.410 e. The number of halogens is 1. The zero-order valence-electron chi connectivity index (χ0n) is 16.7. The molecule has 2 fully saturated rings. The topological polar surface area (TPSA) is 67.9 Å². The number of rotatable bonds is 4. The molecule has 28 heavy (non-hydrogen) atoms. The van der Waals surface area contributed by atoms with Crippen LogP contribution in [0, 0.1) is 0 Å². The minimum Gasteiger partial charge on any atom is -0.444 e. The van der Waals surface area contributed by atoms with Gasteiger partial charge in [0, 0.05) is 17.6 Å². The molecule has 6 nitrogen and oxygen atoms in total. The van der Waals surface area contributed by atoms with Crippen LogP contribution in [0.1, 0.15) is 45.6 Å². The summed E-state index contributed by atoms with van der Waals surface area (Å²) in [7, 11) is 0. The first-order valence-electron chi connectivity index (χ1n) is 9.89. The molecule has 0 aromatic heterocycles. The molecule has 7 heteroatoms. The number of ether oxygens (including phenoxy) is 2. The van der Waals surface area contributed by atoms with Gasteiger partial charge in [0.05, 0.1) is 12.1 Å². The number of likely N-dealkylation sites (tertiary alicyclic amines) is 1. The van der Waals surface area contributed by atoms with Gasteiger partial charge in [-0.15, -0.1) is 0 Å². The van der Waals surface area contributed by atoms with Crippen molar-refractivity contribution in [3.8, 4) is 0 Å². The smallest absolute Gasteiger partial charge is 0.410 e. The van der Waals surface area contributed by atoms with Crippen molar-refractivity contribution in [2.24, 2.45) is 0 Å². The van der Waals surface area contributed by atoms with Crippen LogP contribution in [0.3, 0.4) is 0 Å². The van der Waals surface area contributed by atoms with E-state index in [9.17, 15) is 9.59 Å². The summed E-state index contributed by atoms with van der Waals surface area (Å²) in [5, 5.41) is 3.13. The summed E-state index contributed by atoms with van der Waals surface area (Å²) in [6.45, 7) is 6.78. The Kier molecular flexibility index (Phi) is 6.65. The van der Waals surface area contributed by atoms with Gasteiger partial charge in [0.25, 0.3) is 0 Å². The lowest BCUT2D eigenvalue weighted by molar-refractivity contribution is -0.131. The van der Waals surface area contributed by atoms with Gasteiger partial charge < -0.3 is 19.7 Å². The summed E-state index contributed by atoms with van der Waals surface area (Å²) >= 11 is 3.50. The van der Waals surface area contributed by atoms with E-state index >= 15 is 0 Å². The van der Waals surface area contributed by atoms with Crippen LogP contribution in [-0.4, -0.2) is 53.8 Å². The molecule has 154 valence electrons. The summed E-state index contributed by atoms with van der Waals surface area (Å²) in [4.78, 5) is 27.1. The Morgan fingerprint density at radius 2 is 2.11 bits per heavy atom. The molecule has 0 saturated carbocycles. The van der Waals surface area contributed by atoms with E-state index in [0.29, 0.717) is 26.0 Å². The minimum atomic E-state index is -0.559. The molecule has 0 bridgehead atoms. The molecule has 1 aromatic rings. The molecule has 0 spiro atoms. The molecule has 0 radical (unpaired) electrons. The Bertz CT molecular complexity index is 713. The predicted molar refractivity (Wildman–Crippen MR) is 110 cm³/mol. The lowest BCUT2D eigenvalue weighted by atomic mass is 9.99.